The van der Waals surface area contributed by atoms with Gasteiger partial charge in [-0.1, -0.05) is 18.2 Å². The quantitative estimate of drug-likeness (QED) is 0.521. The van der Waals surface area contributed by atoms with E-state index in [1.165, 1.54) is 4.90 Å². The Morgan fingerprint density at radius 2 is 2.17 bits per heavy atom. The summed E-state index contributed by atoms with van der Waals surface area (Å²) in [6.07, 6.45) is 0. The van der Waals surface area contributed by atoms with Gasteiger partial charge < -0.3 is 4.74 Å². The molecule has 1 aromatic rings. The number of benzene rings is 1. The van der Waals surface area contributed by atoms with Gasteiger partial charge in [-0.15, -0.1) is 11.8 Å². The summed E-state index contributed by atoms with van der Waals surface area (Å²) in [7, 11) is 1.72. The van der Waals surface area contributed by atoms with Crippen LogP contribution in [0.1, 0.15) is 5.56 Å². The number of rotatable bonds is 4. The van der Waals surface area contributed by atoms with Crippen molar-refractivity contribution in [3.63, 3.8) is 0 Å². The minimum atomic E-state index is 0.791. The van der Waals surface area contributed by atoms with Gasteiger partial charge in [-0.25, -0.2) is 0 Å². The lowest BCUT2D eigenvalue weighted by atomic mass is 10.2. The summed E-state index contributed by atoms with van der Waals surface area (Å²) in [5, 5.41) is 0. The summed E-state index contributed by atoms with van der Waals surface area (Å²) in [4.78, 5) is 1.24. The summed E-state index contributed by atoms with van der Waals surface area (Å²) in [6.45, 7) is 4.73. The first-order valence-electron chi connectivity index (χ1n) is 3.87. The second kappa shape index (κ2) is 5.22. The molecular formula is C10H13OS. The standard InChI is InChI=1S/C10H13OS/c1-9-5-3-4-6-10(9)12-8-7-11-2/h3-6H,1,7-8H2,2H3. The molecule has 0 saturated carbocycles. The summed E-state index contributed by atoms with van der Waals surface area (Å²) in [6, 6.07) is 8.14. The number of hydrogen-bond donors (Lipinski definition) is 0. The van der Waals surface area contributed by atoms with Crippen LogP contribution in [0.4, 0.5) is 0 Å². The number of methoxy groups -OCH3 is 1. The highest BCUT2D eigenvalue weighted by Crippen LogP contribution is 2.20. The molecule has 0 heterocycles. The normalized spacial score (nSPS) is 10.2. The smallest absolute Gasteiger partial charge is 0.0556 e. The zero-order chi connectivity index (χ0) is 8.81. The maximum absolute atomic E-state index is 4.96. The highest BCUT2D eigenvalue weighted by molar-refractivity contribution is 7.99. The first-order valence-corrected chi connectivity index (χ1v) is 4.86. The van der Waals surface area contributed by atoms with Crippen LogP contribution in [0.3, 0.4) is 0 Å². The highest BCUT2D eigenvalue weighted by atomic mass is 32.2. The largest absolute Gasteiger partial charge is 0.384 e. The molecule has 1 aromatic carbocycles. The van der Waals surface area contributed by atoms with E-state index < -0.39 is 0 Å². The van der Waals surface area contributed by atoms with Gasteiger partial charge >= 0.3 is 0 Å². The van der Waals surface area contributed by atoms with E-state index >= 15 is 0 Å². The van der Waals surface area contributed by atoms with Gasteiger partial charge in [-0.3, -0.25) is 0 Å². The van der Waals surface area contributed by atoms with E-state index in [4.69, 9.17) is 4.74 Å². The van der Waals surface area contributed by atoms with Crippen molar-refractivity contribution in [1.82, 2.24) is 0 Å². The van der Waals surface area contributed by atoms with E-state index in [9.17, 15) is 0 Å². The Morgan fingerprint density at radius 1 is 1.42 bits per heavy atom. The molecule has 0 atom stereocenters. The molecule has 65 valence electrons. The van der Waals surface area contributed by atoms with Crippen LogP contribution in [0.15, 0.2) is 29.2 Å². The Bertz CT molecular complexity index is 235. The van der Waals surface area contributed by atoms with E-state index in [0.29, 0.717) is 0 Å². The van der Waals surface area contributed by atoms with Crippen LogP contribution in [0.5, 0.6) is 0 Å². The first kappa shape index (κ1) is 9.62. The van der Waals surface area contributed by atoms with Crippen LogP contribution in [-0.4, -0.2) is 19.5 Å². The molecule has 0 N–H and O–H groups in total. The molecular weight excluding hydrogens is 168 g/mol. The van der Waals surface area contributed by atoms with E-state index in [1.54, 1.807) is 18.9 Å². The fourth-order valence-electron chi connectivity index (χ4n) is 0.880. The van der Waals surface area contributed by atoms with Crippen LogP contribution in [0, 0.1) is 6.92 Å². The third kappa shape index (κ3) is 2.88. The number of hydrogen-bond acceptors (Lipinski definition) is 2. The predicted molar refractivity (Wildman–Crippen MR) is 53.5 cm³/mol. The maximum atomic E-state index is 4.96. The lowest BCUT2D eigenvalue weighted by molar-refractivity contribution is 0.218. The number of ether oxygens (including phenoxy) is 1. The molecule has 0 saturated heterocycles. The summed E-state index contributed by atoms with van der Waals surface area (Å²) in [5.41, 5.74) is 1.10. The van der Waals surface area contributed by atoms with E-state index in [0.717, 1.165) is 17.9 Å². The van der Waals surface area contributed by atoms with Gasteiger partial charge in [-0.2, -0.15) is 0 Å². The minimum Gasteiger partial charge on any atom is -0.384 e. The molecule has 1 nitrogen and oxygen atoms in total. The van der Waals surface area contributed by atoms with Crippen LogP contribution >= 0.6 is 11.8 Å². The lowest BCUT2D eigenvalue weighted by Gasteiger charge is -2.03. The molecule has 0 aliphatic rings. The van der Waals surface area contributed by atoms with Gasteiger partial charge in [0.1, 0.15) is 0 Å². The predicted octanol–water partition coefficient (Wildman–Crippen LogP) is 2.61. The van der Waals surface area contributed by atoms with Crippen molar-refractivity contribution in [2.45, 2.75) is 4.90 Å². The molecule has 0 aliphatic carbocycles. The van der Waals surface area contributed by atoms with E-state index in [-0.39, 0.29) is 0 Å². The van der Waals surface area contributed by atoms with Crippen molar-refractivity contribution in [1.29, 1.82) is 0 Å². The van der Waals surface area contributed by atoms with Crippen molar-refractivity contribution < 1.29 is 4.74 Å². The van der Waals surface area contributed by atoms with E-state index in [2.05, 4.69) is 13.0 Å². The summed E-state index contributed by atoms with van der Waals surface area (Å²) >= 11 is 1.78. The Morgan fingerprint density at radius 3 is 2.83 bits per heavy atom. The highest BCUT2D eigenvalue weighted by Gasteiger charge is 1.95. The Kier molecular flexibility index (Phi) is 4.19. The SMILES string of the molecule is [CH2]c1ccccc1SCCOC. The van der Waals surface area contributed by atoms with Crippen molar-refractivity contribution in [2.75, 3.05) is 19.5 Å². The molecule has 1 rings (SSSR count). The molecule has 0 spiro atoms. The lowest BCUT2D eigenvalue weighted by Crippen LogP contribution is -1.91. The monoisotopic (exact) mass is 181 g/mol. The van der Waals surface area contributed by atoms with Crippen LogP contribution < -0.4 is 0 Å². The third-order valence-electron chi connectivity index (χ3n) is 1.52. The summed E-state index contributed by atoms with van der Waals surface area (Å²) in [5.74, 6) is 0.989. The molecule has 0 aliphatic heterocycles. The molecule has 0 fully saturated rings. The maximum Gasteiger partial charge on any atom is 0.0556 e. The Balaban J connectivity index is 2.46. The van der Waals surface area contributed by atoms with Crippen LogP contribution in [0.2, 0.25) is 0 Å². The van der Waals surface area contributed by atoms with E-state index in [1.807, 2.05) is 18.2 Å². The van der Waals surface area contributed by atoms with Gasteiger partial charge in [-0.05, 0) is 18.6 Å². The molecule has 12 heavy (non-hydrogen) atoms. The topological polar surface area (TPSA) is 9.23 Å². The van der Waals surface area contributed by atoms with Gasteiger partial charge in [0.05, 0.1) is 6.61 Å². The zero-order valence-corrected chi connectivity index (χ0v) is 8.06. The average molecular weight is 181 g/mol. The first-order chi connectivity index (χ1) is 5.84. The number of thioether (sulfide) groups is 1. The van der Waals surface area contributed by atoms with Gasteiger partial charge in [0.2, 0.25) is 0 Å². The van der Waals surface area contributed by atoms with Crippen LogP contribution in [-0.2, 0) is 4.74 Å². The molecule has 0 aromatic heterocycles. The minimum absolute atomic E-state index is 0.791. The van der Waals surface area contributed by atoms with Crippen molar-refractivity contribution >= 4 is 11.8 Å². The molecule has 0 unspecified atom stereocenters. The summed E-state index contributed by atoms with van der Waals surface area (Å²) < 4.78 is 4.96. The second-order valence-corrected chi connectivity index (χ2v) is 3.59. The van der Waals surface area contributed by atoms with Crippen molar-refractivity contribution in [3.8, 4) is 0 Å². The third-order valence-corrected chi connectivity index (χ3v) is 2.60. The van der Waals surface area contributed by atoms with Gasteiger partial charge in [0.15, 0.2) is 0 Å². The van der Waals surface area contributed by atoms with Crippen molar-refractivity contribution in [3.05, 3.63) is 36.8 Å². The van der Waals surface area contributed by atoms with Crippen molar-refractivity contribution in [2.24, 2.45) is 0 Å². The molecule has 0 bridgehead atoms. The molecule has 1 radical (unpaired) electrons. The Hall–Kier alpha value is -0.470. The van der Waals surface area contributed by atoms with Gasteiger partial charge in [0.25, 0.3) is 0 Å². The molecule has 0 amide bonds. The second-order valence-electron chi connectivity index (χ2n) is 2.45. The zero-order valence-electron chi connectivity index (χ0n) is 7.25. The molecule has 2 heteroatoms. The van der Waals surface area contributed by atoms with Gasteiger partial charge in [0, 0.05) is 17.8 Å². The Labute approximate surface area is 78.1 Å². The fraction of sp³-hybridized carbons (Fsp3) is 0.300. The fourth-order valence-corrected chi connectivity index (χ4v) is 1.78. The van der Waals surface area contributed by atoms with Crippen LogP contribution in [0.25, 0.3) is 0 Å². The average Bonchev–Trinajstić information content (AvgIpc) is 2.09.